The summed E-state index contributed by atoms with van der Waals surface area (Å²) in [6.45, 7) is 1.26. The molecule has 0 spiro atoms. The lowest BCUT2D eigenvalue weighted by Gasteiger charge is -2.37. The number of methoxy groups -OCH3 is 2. The van der Waals surface area contributed by atoms with E-state index in [1.807, 2.05) is 42.5 Å². The van der Waals surface area contributed by atoms with Crippen LogP contribution in [0.1, 0.15) is 44.2 Å². The topological polar surface area (TPSA) is 153 Å². The number of fused-ring (bicyclic) bond motifs is 1. The highest BCUT2D eigenvalue weighted by Gasteiger charge is 2.27. The molecule has 0 saturated heterocycles. The molecule has 1 aliphatic heterocycles. The Morgan fingerprint density at radius 1 is 1.11 bits per heavy atom. The molecule has 11 nitrogen and oxygen atoms in total. The summed E-state index contributed by atoms with van der Waals surface area (Å²) in [5.41, 5.74) is 17.0. The Morgan fingerprint density at radius 2 is 1.93 bits per heavy atom. The van der Waals surface area contributed by atoms with Crippen molar-refractivity contribution < 1.29 is 19.4 Å². The number of nitrogens with two attached hydrogens (primary N) is 2. The molecule has 0 fully saturated rings. The van der Waals surface area contributed by atoms with Gasteiger partial charge in [0.05, 0.1) is 32.4 Å². The van der Waals surface area contributed by atoms with Crippen LogP contribution in [0.4, 0.5) is 17.6 Å². The van der Waals surface area contributed by atoms with Crippen LogP contribution >= 0.6 is 0 Å². The van der Waals surface area contributed by atoms with Gasteiger partial charge >= 0.3 is 0 Å². The summed E-state index contributed by atoms with van der Waals surface area (Å²) < 4.78 is 11.2. The molecule has 0 aliphatic carbocycles. The summed E-state index contributed by atoms with van der Waals surface area (Å²) in [6, 6.07) is 15.8. The van der Waals surface area contributed by atoms with E-state index >= 15 is 0 Å². The lowest BCUT2D eigenvalue weighted by molar-refractivity contribution is 0.104. The molecular weight excluding hydrogens is 558 g/mol. The van der Waals surface area contributed by atoms with E-state index in [0.29, 0.717) is 42.1 Å². The van der Waals surface area contributed by atoms with E-state index in [1.165, 1.54) is 25.3 Å². The molecule has 0 radical (unpaired) electrons. The number of nitrogen functional groups attached to an aromatic ring is 2. The van der Waals surface area contributed by atoms with Crippen LogP contribution in [0.5, 0.6) is 11.5 Å². The van der Waals surface area contributed by atoms with Crippen molar-refractivity contribution in [2.24, 2.45) is 0 Å². The molecular formula is C33H37N7O4. The highest BCUT2D eigenvalue weighted by Crippen LogP contribution is 2.37. The number of allylic oxidation sites excluding steroid dienone is 1. The van der Waals surface area contributed by atoms with Crippen molar-refractivity contribution in [1.29, 1.82) is 0 Å². The summed E-state index contributed by atoms with van der Waals surface area (Å²) in [7, 11) is 4.94. The average molecular weight is 596 g/mol. The molecule has 1 unspecified atom stereocenters. The molecule has 2 aromatic heterocycles. The average Bonchev–Trinajstić information content (AvgIpc) is 3.04. The van der Waals surface area contributed by atoms with Crippen molar-refractivity contribution in [3.63, 3.8) is 0 Å². The van der Waals surface area contributed by atoms with Crippen LogP contribution in [0, 0.1) is 0 Å². The smallest absolute Gasteiger partial charge is 0.221 e. The number of nitrogens with zero attached hydrogens (tertiary/aromatic N) is 5. The maximum atomic E-state index is 13.8. The molecule has 0 bridgehead atoms. The van der Waals surface area contributed by atoms with Gasteiger partial charge in [0.1, 0.15) is 11.6 Å². The van der Waals surface area contributed by atoms with Gasteiger partial charge in [-0.25, -0.2) is 9.97 Å². The minimum atomic E-state index is -0.236. The first kappa shape index (κ1) is 30.3. The fraction of sp³-hybridized carbons (Fsp3) is 0.273. The second-order valence-corrected chi connectivity index (χ2v) is 10.6. The molecule has 5 N–H and O–H groups in total. The molecule has 1 atom stereocenters. The first-order valence-corrected chi connectivity index (χ1v) is 14.3. The number of rotatable bonds is 11. The summed E-state index contributed by atoms with van der Waals surface area (Å²) >= 11 is 0. The molecule has 5 rings (SSSR count). The summed E-state index contributed by atoms with van der Waals surface area (Å²) in [6.07, 6.45) is 8.07. The van der Waals surface area contributed by atoms with Crippen LogP contribution in [0.15, 0.2) is 73.2 Å². The number of likely N-dealkylation sites (N-methyl/N-ethyl adjacent to an activating group) is 1. The number of pyridine rings is 1. The number of carbonyl (C=O) groups is 1. The fourth-order valence-electron chi connectivity index (χ4n) is 5.52. The number of aliphatic hydroxyl groups excluding tert-OH is 1. The van der Waals surface area contributed by atoms with E-state index in [2.05, 4.69) is 38.1 Å². The standard InChI is InChI=1S/C33H37N7O4/c1-39(14-15-41)29-9-8-23(19-36-29)30-25-7-5-4-6-22(25)10-12-40(30)13-11-27(42)26-17-21(18-28(43-2)31(26)44-3)16-24-20-37-33(35)38-32(24)34/h4-9,11,13,17-20,30,41H,10,12,14-16H2,1-3H3,(H4,34,35,37,38). The molecule has 0 saturated carbocycles. The molecule has 2 aromatic carbocycles. The Bertz CT molecular complexity index is 1660. The van der Waals surface area contributed by atoms with Crippen LogP contribution in [-0.4, -0.2) is 71.7 Å². The number of hydrogen-bond acceptors (Lipinski definition) is 11. The zero-order valence-electron chi connectivity index (χ0n) is 25.1. The fourth-order valence-corrected chi connectivity index (χ4v) is 5.52. The molecule has 44 heavy (non-hydrogen) atoms. The third-order valence-corrected chi connectivity index (χ3v) is 7.77. The predicted molar refractivity (Wildman–Crippen MR) is 170 cm³/mol. The van der Waals surface area contributed by atoms with E-state index in [4.69, 9.17) is 20.9 Å². The second-order valence-electron chi connectivity index (χ2n) is 10.6. The summed E-state index contributed by atoms with van der Waals surface area (Å²) in [5, 5.41) is 9.31. The maximum absolute atomic E-state index is 13.8. The van der Waals surface area contributed by atoms with Gasteiger partial charge in [0.15, 0.2) is 17.3 Å². The van der Waals surface area contributed by atoms with Gasteiger partial charge < -0.3 is 35.8 Å². The number of ether oxygens (including phenoxy) is 2. The third-order valence-electron chi connectivity index (χ3n) is 7.77. The Morgan fingerprint density at radius 3 is 2.64 bits per heavy atom. The number of benzene rings is 2. The maximum Gasteiger partial charge on any atom is 0.221 e. The normalized spacial score (nSPS) is 14.4. The first-order valence-electron chi connectivity index (χ1n) is 14.3. The van der Waals surface area contributed by atoms with E-state index in [9.17, 15) is 9.90 Å². The minimum Gasteiger partial charge on any atom is -0.493 e. The number of anilines is 3. The number of hydrogen-bond donors (Lipinski definition) is 3. The Hall–Kier alpha value is -5.16. The largest absolute Gasteiger partial charge is 0.493 e. The van der Waals surface area contributed by atoms with E-state index in [-0.39, 0.29) is 30.2 Å². The van der Waals surface area contributed by atoms with Crippen molar-refractivity contribution in [1.82, 2.24) is 19.9 Å². The predicted octanol–water partition coefficient (Wildman–Crippen LogP) is 3.42. The van der Waals surface area contributed by atoms with Gasteiger partial charge in [-0.2, -0.15) is 4.98 Å². The van der Waals surface area contributed by atoms with Crippen LogP contribution in [-0.2, 0) is 12.8 Å². The molecule has 0 amide bonds. The van der Waals surface area contributed by atoms with E-state index in [1.54, 1.807) is 24.4 Å². The van der Waals surface area contributed by atoms with Crippen molar-refractivity contribution in [2.45, 2.75) is 18.9 Å². The quantitative estimate of drug-likeness (QED) is 0.173. The Labute approximate surface area is 256 Å². The van der Waals surface area contributed by atoms with E-state index < -0.39 is 0 Å². The molecule has 11 heteroatoms. The van der Waals surface area contributed by atoms with Crippen LogP contribution in [0.2, 0.25) is 0 Å². The summed E-state index contributed by atoms with van der Waals surface area (Å²) in [4.78, 5) is 30.6. The van der Waals surface area contributed by atoms with Crippen molar-refractivity contribution in [3.05, 3.63) is 107 Å². The zero-order chi connectivity index (χ0) is 31.2. The van der Waals surface area contributed by atoms with Gasteiger partial charge in [-0.1, -0.05) is 30.3 Å². The van der Waals surface area contributed by atoms with E-state index in [0.717, 1.165) is 23.4 Å². The third kappa shape index (κ3) is 6.42. The molecule has 4 aromatic rings. The Balaban J connectivity index is 1.46. The second kappa shape index (κ2) is 13.4. The highest BCUT2D eigenvalue weighted by molar-refractivity contribution is 6.07. The van der Waals surface area contributed by atoms with Gasteiger partial charge in [0.2, 0.25) is 5.95 Å². The van der Waals surface area contributed by atoms with Gasteiger partial charge in [-0.3, -0.25) is 4.79 Å². The number of ketones is 1. The summed E-state index contributed by atoms with van der Waals surface area (Å²) in [5.74, 6) is 1.69. The SMILES string of the molecule is COc1cc(Cc2cnc(N)nc2N)cc(C(=O)C=CN2CCc3ccccc3C2c2ccc(N(C)CCO)nc2)c1OC. The minimum absolute atomic E-state index is 0.0476. The van der Waals surface area contributed by atoms with Gasteiger partial charge in [-0.05, 0) is 46.9 Å². The van der Waals surface area contributed by atoms with Crippen LogP contribution in [0.25, 0.3) is 0 Å². The number of carbonyl (C=O) groups excluding carboxylic acids is 1. The van der Waals surface area contributed by atoms with Crippen molar-refractivity contribution in [2.75, 3.05) is 57.3 Å². The lowest BCUT2D eigenvalue weighted by Crippen LogP contribution is -2.32. The zero-order valence-corrected chi connectivity index (χ0v) is 25.1. The molecule has 228 valence electrons. The lowest BCUT2D eigenvalue weighted by atomic mass is 9.89. The monoisotopic (exact) mass is 595 g/mol. The Kier molecular flexibility index (Phi) is 9.25. The van der Waals surface area contributed by atoms with Crippen LogP contribution in [0.3, 0.4) is 0 Å². The van der Waals surface area contributed by atoms with Gasteiger partial charge in [0, 0.05) is 56.8 Å². The van der Waals surface area contributed by atoms with Crippen LogP contribution < -0.4 is 25.8 Å². The molecule has 1 aliphatic rings. The van der Waals surface area contributed by atoms with Crippen molar-refractivity contribution >= 4 is 23.4 Å². The number of aromatic nitrogens is 3. The number of aliphatic hydroxyl groups is 1. The van der Waals surface area contributed by atoms with Crippen molar-refractivity contribution in [3.8, 4) is 11.5 Å². The van der Waals surface area contributed by atoms with Gasteiger partial charge in [0.25, 0.3) is 0 Å². The first-order chi connectivity index (χ1) is 21.3. The molecule has 3 heterocycles. The van der Waals surface area contributed by atoms with Gasteiger partial charge in [-0.15, -0.1) is 0 Å². The highest BCUT2D eigenvalue weighted by atomic mass is 16.5.